The first-order valence-electron chi connectivity index (χ1n) is 7.98. The molecule has 3 aromatic carbocycles. The van der Waals surface area contributed by atoms with Gasteiger partial charge in [-0.25, -0.2) is 4.85 Å². The van der Waals surface area contributed by atoms with E-state index in [0.29, 0.717) is 5.69 Å². The van der Waals surface area contributed by atoms with Crippen LogP contribution in [0.15, 0.2) is 65.1 Å². The van der Waals surface area contributed by atoms with E-state index in [0.717, 1.165) is 38.7 Å². The van der Waals surface area contributed by atoms with Crippen molar-refractivity contribution in [1.82, 2.24) is 4.57 Å². The molecule has 0 unspecified atom stereocenters. The van der Waals surface area contributed by atoms with Crippen molar-refractivity contribution in [1.29, 1.82) is 0 Å². The van der Waals surface area contributed by atoms with Gasteiger partial charge in [-0.1, -0.05) is 48.5 Å². The average molecular weight is 323 g/mol. The van der Waals surface area contributed by atoms with Crippen LogP contribution >= 0.6 is 0 Å². The summed E-state index contributed by atoms with van der Waals surface area (Å²) in [6.45, 7) is 7.45. The maximum Gasteiger partial charge on any atom is 0.244 e. The van der Waals surface area contributed by atoms with E-state index in [2.05, 4.69) is 29.4 Å². The monoisotopic (exact) mass is 323 g/mol. The van der Waals surface area contributed by atoms with E-state index in [1.165, 1.54) is 0 Å². The molecule has 5 rings (SSSR count). The third-order valence-corrected chi connectivity index (χ3v) is 4.56. The highest BCUT2D eigenvalue weighted by Gasteiger charge is 2.14. The SMILES string of the molecule is [C-]#[N+]c1cccc2oc3cc4c(cc3c12)n(-c1ccccc1)[c-][n+]4C. The van der Waals surface area contributed by atoms with E-state index >= 15 is 0 Å². The van der Waals surface area contributed by atoms with Gasteiger partial charge in [0.25, 0.3) is 0 Å². The Morgan fingerprint density at radius 2 is 1.88 bits per heavy atom. The van der Waals surface area contributed by atoms with Crippen LogP contribution in [0.5, 0.6) is 0 Å². The van der Waals surface area contributed by atoms with Crippen LogP contribution in [0, 0.1) is 12.9 Å². The van der Waals surface area contributed by atoms with Crippen LogP contribution in [0.4, 0.5) is 5.69 Å². The quantitative estimate of drug-likeness (QED) is 0.324. The molecular formula is C21H13N3O. The molecule has 5 aromatic rings. The zero-order valence-corrected chi connectivity index (χ0v) is 13.5. The summed E-state index contributed by atoms with van der Waals surface area (Å²) in [5.74, 6) is 0. The fraction of sp³-hybridized carbons (Fsp3) is 0.0476. The molecule has 0 amide bonds. The second kappa shape index (κ2) is 4.96. The van der Waals surface area contributed by atoms with E-state index in [1.54, 1.807) is 0 Å². The molecule has 118 valence electrons. The summed E-state index contributed by atoms with van der Waals surface area (Å²) in [7, 11) is 1.97. The Balaban J connectivity index is 1.94. The molecule has 2 aromatic heterocycles. The van der Waals surface area contributed by atoms with E-state index in [-0.39, 0.29) is 0 Å². The predicted octanol–water partition coefficient (Wildman–Crippen LogP) is 4.71. The Labute approximate surface area is 144 Å². The summed E-state index contributed by atoms with van der Waals surface area (Å²) in [5.41, 5.74) is 5.25. The Hall–Kier alpha value is -3.58. The molecule has 4 nitrogen and oxygen atoms in total. The molecule has 0 N–H and O–H groups in total. The minimum Gasteiger partial charge on any atom is -0.458 e. The summed E-state index contributed by atoms with van der Waals surface area (Å²) in [6.07, 6.45) is 3.34. The fourth-order valence-corrected chi connectivity index (χ4v) is 3.40. The number of aromatic nitrogens is 2. The number of fused-ring (bicyclic) bond motifs is 4. The molecule has 0 fully saturated rings. The lowest BCUT2D eigenvalue weighted by Gasteiger charge is -2.04. The zero-order valence-electron chi connectivity index (χ0n) is 13.5. The van der Waals surface area contributed by atoms with Crippen LogP contribution in [-0.2, 0) is 7.05 Å². The maximum absolute atomic E-state index is 7.45. The van der Waals surface area contributed by atoms with Crippen LogP contribution < -0.4 is 4.57 Å². The largest absolute Gasteiger partial charge is 0.458 e. The van der Waals surface area contributed by atoms with E-state index in [9.17, 15) is 0 Å². The van der Waals surface area contributed by atoms with E-state index in [1.807, 2.05) is 58.6 Å². The zero-order chi connectivity index (χ0) is 17.0. The van der Waals surface area contributed by atoms with Gasteiger partial charge in [-0.3, -0.25) is 0 Å². The number of furan rings is 1. The van der Waals surface area contributed by atoms with Gasteiger partial charge < -0.3 is 13.6 Å². The Morgan fingerprint density at radius 1 is 1.04 bits per heavy atom. The highest BCUT2D eigenvalue weighted by atomic mass is 16.3. The van der Waals surface area contributed by atoms with Crippen LogP contribution in [0.25, 0.3) is 43.5 Å². The molecule has 0 saturated heterocycles. The normalized spacial score (nSPS) is 11.4. The number of para-hydroxylation sites is 1. The van der Waals surface area contributed by atoms with Crippen molar-refractivity contribution in [2.24, 2.45) is 7.05 Å². The number of aryl methyl sites for hydroxylation is 1. The summed E-state index contributed by atoms with van der Waals surface area (Å²) in [6, 6.07) is 19.8. The van der Waals surface area contributed by atoms with Crippen molar-refractivity contribution < 1.29 is 8.98 Å². The van der Waals surface area contributed by atoms with Gasteiger partial charge in [0.15, 0.2) is 5.69 Å². The number of imidazole rings is 1. The molecule has 0 bridgehead atoms. The fourth-order valence-electron chi connectivity index (χ4n) is 3.40. The van der Waals surface area contributed by atoms with Gasteiger partial charge in [0, 0.05) is 10.8 Å². The van der Waals surface area contributed by atoms with Gasteiger partial charge >= 0.3 is 0 Å². The van der Waals surface area contributed by atoms with Gasteiger partial charge in [-0.15, -0.1) is 0 Å². The van der Waals surface area contributed by atoms with Crippen molar-refractivity contribution >= 4 is 38.7 Å². The summed E-state index contributed by atoms with van der Waals surface area (Å²) in [5, 5.41) is 1.83. The van der Waals surface area contributed by atoms with Gasteiger partial charge in [-0.2, -0.15) is 0 Å². The lowest BCUT2D eigenvalue weighted by Crippen LogP contribution is -2.26. The lowest BCUT2D eigenvalue weighted by atomic mass is 10.1. The molecular weight excluding hydrogens is 310 g/mol. The highest BCUT2D eigenvalue weighted by Crippen LogP contribution is 2.37. The van der Waals surface area contributed by atoms with Gasteiger partial charge in [-0.05, 0) is 12.1 Å². The molecule has 0 aliphatic heterocycles. The molecule has 25 heavy (non-hydrogen) atoms. The van der Waals surface area contributed by atoms with Crippen LogP contribution in [0.2, 0.25) is 0 Å². The standard InChI is InChI=1S/C21H13N3O/c1-22-16-9-6-10-19-21(16)15-11-18-17(12-20(15)25-19)23(2)13-24(18)14-7-4-3-5-8-14/h3-12H,2H3. The molecule has 0 aliphatic rings. The number of benzene rings is 3. The minimum atomic E-state index is 0.613. The Bertz CT molecular complexity index is 1300. The maximum atomic E-state index is 7.45. The topological polar surface area (TPSA) is 26.3 Å². The first kappa shape index (κ1) is 13.8. The van der Waals surface area contributed by atoms with E-state index in [4.69, 9.17) is 11.0 Å². The summed E-state index contributed by atoms with van der Waals surface area (Å²) >= 11 is 0. The third-order valence-electron chi connectivity index (χ3n) is 4.56. The first-order valence-corrected chi connectivity index (χ1v) is 7.98. The lowest BCUT2D eigenvalue weighted by molar-refractivity contribution is -0.649. The van der Waals surface area contributed by atoms with Crippen molar-refractivity contribution in [2.45, 2.75) is 0 Å². The van der Waals surface area contributed by atoms with Crippen LogP contribution in [-0.4, -0.2) is 4.57 Å². The third kappa shape index (κ3) is 1.90. The van der Waals surface area contributed by atoms with E-state index < -0.39 is 0 Å². The first-order chi connectivity index (χ1) is 12.3. The van der Waals surface area contributed by atoms with Crippen molar-refractivity contribution in [3.63, 3.8) is 0 Å². The highest BCUT2D eigenvalue weighted by molar-refractivity contribution is 6.14. The van der Waals surface area contributed by atoms with Gasteiger partial charge in [0.2, 0.25) is 6.33 Å². The van der Waals surface area contributed by atoms with Gasteiger partial charge in [0.05, 0.1) is 30.3 Å². The van der Waals surface area contributed by atoms with Crippen LogP contribution in [0.3, 0.4) is 0 Å². The number of rotatable bonds is 1. The van der Waals surface area contributed by atoms with Crippen molar-refractivity contribution in [3.05, 3.63) is 78.4 Å². The van der Waals surface area contributed by atoms with Crippen molar-refractivity contribution in [3.8, 4) is 5.69 Å². The van der Waals surface area contributed by atoms with Gasteiger partial charge in [0.1, 0.15) is 11.2 Å². The number of hydrogen-bond acceptors (Lipinski definition) is 1. The molecule has 0 saturated carbocycles. The smallest absolute Gasteiger partial charge is 0.244 e. The van der Waals surface area contributed by atoms with Crippen molar-refractivity contribution in [2.75, 3.05) is 0 Å². The predicted molar refractivity (Wildman–Crippen MR) is 96.8 cm³/mol. The second-order valence-electron chi connectivity index (χ2n) is 6.03. The molecule has 0 aliphatic carbocycles. The molecule has 0 atom stereocenters. The number of nitrogens with zero attached hydrogens (tertiary/aromatic N) is 3. The molecule has 4 heteroatoms. The number of hydrogen-bond donors (Lipinski definition) is 0. The Kier molecular flexibility index (Phi) is 2.74. The summed E-state index contributed by atoms with van der Waals surface area (Å²) in [4.78, 5) is 3.66. The Morgan fingerprint density at radius 3 is 2.68 bits per heavy atom. The molecule has 0 radical (unpaired) electrons. The minimum absolute atomic E-state index is 0.613. The second-order valence-corrected chi connectivity index (χ2v) is 6.03. The molecule has 0 spiro atoms. The average Bonchev–Trinajstić information content (AvgIpc) is 3.18. The summed E-state index contributed by atoms with van der Waals surface area (Å²) < 4.78 is 9.99. The van der Waals surface area contributed by atoms with Crippen LogP contribution in [0.1, 0.15) is 0 Å². The molecule has 2 heterocycles.